The van der Waals surface area contributed by atoms with Gasteiger partial charge in [0.05, 0.1) is 49.0 Å². The third kappa shape index (κ3) is 5.45. The number of rotatable bonds is 7. The van der Waals surface area contributed by atoms with Crippen LogP contribution in [0.5, 0.6) is 0 Å². The first kappa shape index (κ1) is 25.3. The number of hydrogen-bond acceptors (Lipinski definition) is 6. The van der Waals surface area contributed by atoms with Gasteiger partial charge in [0.15, 0.2) is 0 Å². The van der Waals surface area contributed by atoms with Gasteiger partial charge in [-0.3, -0.25) is 19.2 Å². The zero-order valence-electron chi connectivity index (χ0n) is 18.9. The highest BCUT2D eigenvalue weighted by molar-refractivity contribution is 6.66. The second-order valence-electron chi connectivity index (χ2n) is 9.25. The molecular formula is C21H28BCl2N3O6. The number of nitrogens with zero attached hydrogens (tertiary/aromatic N) is 1. The monoisotopic (exact) mass is 499 g/mol. The van der Waals surface area contributed by atoms with Crippen molar-refractivity contribution in [3.05, 3.63) is 33.8 Å². The molecule has 2 aliphatic heterocycles. The summed E-state index contributed by atoms with van der Waals surface area (Å²) in [5.41, 5.74) is 0.144. The molecule has 2 saturated heterocycles. The number of halogens is 2. The molecule has 3 rings (SSSR count). The fourth-order valence-corrected chi connectivity index (χ4v) is 4.94. The number of quaternary nitrogens is 1. The van der Waals surface area contributed by atoms with Crippen LogP contribution in [0.15, 0.2) is 18.2 Å². The normalized spacial score (nSPS) is 25.5. The number of carbonyl (C=O) groups excluding carboxylic acids is 4. The molecule has 1 atom stereocenters. The van der Waals surface area contributed by atoms with E-state index in [1.54, 1.807) is 6.07 Å². The van der Waals surface area contributed by atoms with Gasteiger partial charge in [-0.05, 0) is 30.5 Å². The zero-order valence-corrected chi connectivity index (χ0v) is 20.4. The fourth-order valence-electron chi connectivity index (χ4n) is 4.57. The molecule has 1 aromatic carbocycles. The van der Waals surface area contributed by atoms with Crippen LogP contribution in [-0.2, 0) is 23.7 Å². The Labute approximate surface area is 202 Å². The Bertz CT molecular complexity index is 951. The van der Waals surface area contributed by atoms with Crippen molar-refractivity contribution in [3.63, 3.8) is 0 Å². The summed E-state index contributed by atoms with van der Waals surface area (Å²) in [5.74, 6) is -2.66. The van der Waals surface area contributed by atoms with Gasteiger partial charge >= 0.3 is 6.69 Å². The first-order valence-electron chi connectivity index (χ1n) is 10.9. The summed E-state index contributed by atoms with van der Waals surface area (Å²) in [5, 5.41) is 5.91. The molecule has 0 bridgehead atoms. The van der Waals surface area contributed by atoms with Gasteiger partial charge < -0.3 is 24.3 Å². The number of hydrogen-bond donors (Lipinski definition) is 2. The van der Waals surface area contributed by atoms with Crippen LogP contribution in [0.2, 0.25) is 10.0 Å². The zero-order chi connectivity index (χ0) is 24.4. The van der Waals surface area contributed by atoms with Gasteiger partial charge in [0, 0.05) is 12.1 Å². The number of nitrogens with one attached hydrogen (secondary N) is 2. The lowest BCUT2D eigenvalue weighted by atomic mass is 9.54. The Morgan fingerprint density at radius 2 is 1.73 bits per heavy atom. The van der Waals surface area contributed by atoms with E-state index in [1.165, 1.54) is 12.1 Å². The molecule has 0 saturated carbocycles. The average Bonchev–Trinajstić information content (AvgIpc) is 2.74. The highest BCUT2D eigenvalue weighted by Gasteiger charge is 2.64. The summed E-state index contributed by atoms with van der Waals surface area (Å²) < 4.78 is 11.7. The van der Waals surface area contributed by atoms with E-state index in [4.69, 9.17) is 32.5 Å². The van der Waals surface area contributed by atoms with Crippen LogP contribution in [0.1, 0.15) is 43.5 Å². The lowest BCUT2D eigenvalue weighted by Gasteiger charge is -2.61. The van der Waals surface area contributed by atoms with Crippen LogP contribution >= 0.6 is 23.2 Å². The molecule has 12 heteroatoms. The van der Waals surface area contributed by atoms with Crippen LogP contribution in [0, 0.1) is 5.92 Å². The van der Waals surface area contributed by atoms with E-state index in [2.05, 4.69) is 10.6 Å². The summed E-state index contributed by atoms with van der Waals surface area (Å²) in [4.78, 5) is 49.9. The molecule has 0 aromatic heterocycles. The van der Waals surface area contributed by atoms with E-state index in [0.29, 0.717) is 24.5 Å². The largest absolute Gasteiger partial charge is 0.604 e. The molecule has 9 nitrogen and oxygen atoms in total. The molecule has 180 valence electrons. The standard InChI is InChI=1S/C21H28BCl2N3O6/c1-13(2)10-17(22-27(3,8-6-19(29)32-22)9-7-20(30)33-22)26-18(28)12-25-21(31)15-11-14(23)4-5-16(15)24/h4-5,11,13,17H,6-10,12H2,1-3H3,(H,25,31)(H,26,28)/t17-,22?,27?/m0/s1. The predicted octanol–water partition coefficient (Wildman–Crippen LogP) is 2.07. The van der Waals surface area contributed by atoms with E-state index in [-0.39, 0.29) is 40.3 Å². The van der Waals surface area contributed by atoms with Gasteiger partial charge in [0.2, 0.25) is 5.91 Å². The molecule has 0 aliphatic carbocycles. The quantitative estimate of drug-likeness (QED) is 0.555. The van der Waals surface area contributed by atoms with Gasteiger partial charge in [-0.15, -0.1) is 0 Å². The molecule has 0 unspecified atom stereocenters. The lowest BCUT2D eigenvalue weighted by molar-refractivity contribution is -0.835. The van der Waals surface area contributed by atoms with Crippen LogP contribution < -0.4 is 10.6 Å². The van der Waals surface area contributed by atoms with Crippen molar-refractivity contribution >= 4 is 53.6 Å². The molecule has 1 aromatic rings. The van der Waals surface area contributed by atoms with Crippen molar-refractivity contribution in [3.8, 4) is 0 Å². The second-order valence-corrected chi connectivity index (χ2v) is 10.1. The van der Waals surface area contributed by atoms with E-state index >= 15 is 0 Å². The highest BCUT2D eigenvalue weighted by atomic mass is 35.5. The highest BCUT2D eigenvalue weighted by Crippen LogP contribution is 2.36. The van der Waals surface area contributed by atoms with Crippen LogP contribution in [-0.4, -0.2) is 67.5 Å². The number of fused-ring (bicyclic) bond motifs is 1. The first-order valence-corrected chi connectivity index (χ1v) is 11.7. The molecule has 0 radical (unpaired) electrons. The third-order valence-electron chi connectivity index (χ3n) is 6.29. The van der Waals surface area contributed by atoms with E-state index in [0.717, 1.165) is 0 Å². The second kappa shape index (κ2) is 9.91. The topological polar surface area (TPSA) is 111 Å². The number of amides is 2. The smallest absolute Gasteiger partial charge is 0.603 e. The maximum Gasteiger partial charge on any atom is 0.604 e. The summed E-state index contributed by atoms with van der Waals surface area (Å²) in [6.45, 7) is 1.91. The summed E-state index contributed by atoms with van der Waals surface area (Å²) >= 11 is 12.0. The Morgan fingerprint density at radius 1 is 1.12 bits per heavy atom. The van der Waals surface area contributed by atoms with E-state index < -0.39 is 36.4 Å². The molecule has 2 fully saturated rings. The lowest BCUT2D eigenvalue weighted by Crippen LogP contribution is -2.83. The summed E-state index contributed by atoms with van der Waals surface area (Å²) in [6, 6.07) is 4.46. The van der Waals surface area contributed by atoms with Gasteiger partial charge in [-0.2, -0.15) is 0 Å². The van der Waals surface area contributed by atoms with Crippen LogP contribution in [0.25, 0.3) is 0 Å². The van der Waals surface area contributed by atoms with Gasteiger partial charge in [0.25, 0.3) is 17.8 Å². The van der Waals surface area contributed by atoms with Gasteiger partial charge in [-0.1, -0.05) is 37.0 Å². The molecule has 33 heavy (non-hydrogen) atoms. The Balaban J connectivity index is 1.78. The molecule has 2 N–H and O–H groups in total. The van der Waals surface area contributed by atoms with Crippen molar-refractivity contribution in [2.24, 2.45) is 5.92 Å². The average molecular weight is 500 g/mol. The maximum absolute atomic E-state index is 12.8. The van der Waals surface area contributed by atoms with Crippen LogP contribution in [0.4, 0.5) is 0 Å². The van der Waals surface area contributed by atoms with Crippen molar-refractivity contribution < 1.29 is 32.9 Å². The van der Waals surface area contributed by atoms with Crippen LogP contribution in [0.3, 0.4) is 0 Å². The number of carbonyl (C=O) groups is 4. The van der Waals surface area contributed by atoms with Gasteiger partial charge in [0.1, 0.15) is 0 Å². The molecule has 0 spiro atoms. The molecular weight excluding hydrogens is 472 g/mol. The van der Waals surface area contributed by atoms with E-state index in [1.807, 2.05) is 20.9 Å². The van der Waals surface area contributed by atoms with Crippen molar-refractivity contribution in [2.45, 2.75) is 39.1 Å². The van der Waals surface area contributed by atoms with Crippen molar-refractivity contribution in [1.82, 2.24) is 10.6 Å². The minimum absolute atomic E-state index is 0.0983. The van der Waals surface area contributed by atoms with E-state index in [9.17, 15) is 19.2 Å². The first-order chi connectivity index (χ1) is 15.5. The van der Waals surface area contributed by atoms with Gasteiger partial charge in [-0.25, -0.2) is 0 Å². The third-order valence-corrected chi connectivity index (χ3v) is 6.85. The summed E-state index contributed by atoms with van der Waals surface area (Å²) in [6.07, 6.45) is 0.820. The number of benzene rings is 1. The maximum atomic E-state index is 12.8. The predicted molar refractivity (Wildman–Crippen MR) is 123 cm³/mol. The Kier molecular flexibility index (Phi) is 7.60. The molecule has 2 aliphatic rings. The Morgan fingerprint density at radius 3 is 2.30 bits per heavy atom. The fraction of sp³-hybridized carbons (Fsp3) is 0.524. The molecule has 2 heterocycles. The van der Waals surface area contributed by atoms with Crippen molar-refractivity contribution in [2.75, 3.05) is 26.7 Å². The molecule has 2 amide bonds. The summed E-state index contributed by atoms with van der Waals surface area (Å²) in [7, 11) is 1.88. The minimum Gasteiger partial charge on any atom is -0.603 e. The minimum atomic E-state index is -2.53. The Hall–Kier alpha value is -2.30. The van der Waals surface area contributed by atoms with Crippen molar-refractivity contribution in [1.29, 1.82) is 0 Å². The SMILES string of the molecule is CC(C)C[C@H](NC(=O)CNC(=O)c1cc(Cl)ccc1Cl)[B-]12OC(=O)CC[N+]1(C)CCC(=O)O2.